The van der Waals surface area contributed by atoms with Crippen molar-refractivity contribution in [3.8, 4) is 0 Å². The quantitative estimate of drug-likeness (QED) is 0.706. The maximum absolute atomic E-state index is 13.2. The van der Waals surface area contributed by atoms with Gasteiger partial charge in [-0.25, -0.2) is 0 Å². The van der Waals surface area contributed by atoms with E-state index < -0.39 is 0 Å². The number of fused-ring (bicyclic) bond motifs is 4. The molecule has 29 heavy (non-hydrogen) atoms. The van der Waals surface area contributed by atoms with Crippen LogP contribution in [-0.2, 0) is 17.8 Å². The lowest BCUT2D eigenvalue weighted by atomic mass is 9.71. The van der Waals surface area contributed by atoms with E-state index in [4.69, 9.17) is 4.99 Å². The van der Waals surface area contributed by atoms with E-state index in [1.165, 1.54) is 22.4 Å². The largest absolute Gasteiger partial charge is 0.366 e. The van der Waals surface area contributed by atoms with Crippen LogP contribution in [0.3, 0.4) is 0 Å². The van der Waals surface area contributed by atoms with Crippen molar-refractivity contribution in [2.75, 3.05) is 6.54 Å². The smallest absolute Gasteiger partial charge is 0.166 e. The number of Topliss-reactive ketones (excluding diaryl/α,β-unsaturated/α-hetero) is 1. The highest BCUT2D eigenvalue weighted by Crippen LogP contribution is 2.47. The molecule has 0 aromatic heterocycles. The highest BCUT2D eigenvalue weighted by atomic mass is 16.1. The second-order valence-corrected chi connectivity index (χ2v) is 9.37. The van der Waals surface area contributed by atoms with Crippen LogP contribution in [0, 0.1) is 5.41 Å². The molecular formula is C26H28N2O. The molecule has 0 fully saturated rings. The third-order valence-corrected chi connectivity index (χ3v) is 6.58. The summed E-state index contributed by atoms with van der Waals surface area (Å²) in [6.07, 6.45) is 3.45. The van der Waals surface area contributed by atoms with Crippen LogP contribution in [0.5, 0.6) is 0 Å². The minimum absolute atomic E-state index is 0.0132. The van der Waals surface area contributed by atoms with Crippen LogP contribution in [-0.4, -0.2) is 22.9 Å². The molecule has 0 N–H and O–H groups in total. The third-order valence-electron chi connectivity index (χ3n) is 6.58. The minimum atomic E-state index is 0.0132. The molecule has 0 saturated heterocycles. The van der Waals surface area contributed by atoms with Gasteiger partial charge in [-0.2, -0.15) is 0 Å². The van der Waals surface area contributed by atoms with E-state index in [1.54, 1.807) is 0 Å². The summed E-state index contributed by atoms with van der Waals surface area (Å²) in [7, 11) is 0. The lowest BCUT2D eigenvalue weighted by Gasteiger charge is -2.48. The van der Waals surface area contributed by atoms with E-state index in [-0.39, 0.29) is 11.2 Å². The summed E-state index contributed by atoms with van der Waals surface area (Å²) < 4.78 is 0. The number of rotatable bonds is 2. The number of carbonyl (C=O) groups excluding carboxylic acids is 1. The first-order valence-corrected chi connectivity index (χ1v) is 10.7. The van der Waals surface area contributed by atoms with E-state index >= 15 is 0 Å². The average molecular weight is 385 g/mol. The Hall–Kier alpha value is -2.68. The van der Waals surface area contributed by atoms with Crippen molar-refractivity contribution >= 4 is 11.5 Å². The lowest BCUT2D eigenvalue weighted by Crippen LogP contribution is -2.45. The van der Waals surface area contributed by atoms with Gasteiger partial charge in [0.2, 0.25) is 0 Å². The van der Waals surface area contributed by atoms with Crippen LogP contribution in [0.15, 0.2) is 70.9 Å². The van der Waals surface area contributed by atoms with Gasteiger partial charge < -0.3 is 4.90 Å². The standard InChI is InChI=1S/C26H28N2O/c1-26(2)15-23-25(24(29)16-26)21(27-17-18-8-4-3-5-9-18)14-22-20-11-7-6-10-19(20)12-13-28(22)23/h3-11,22H,12-17H2,1-2H3/t22-/m1/s1. The highest BCUT2D eigenvalue weighted by Gasteiger charge is 2.43. The van der Waals surface area contributed by atoms with Crippen molar-refractivity contribution in [3.63, 3.8) is 0 Å². The Kier molecular flexibility index (Phi) is 4.42. The topological polar surface area (TPSA) is 32.7 Å². The van der Waals surface area contributed by atoms with Crippen molar-refractivity contribution in [2.45, 2.75) is 52.1 Å². The van der Waals surface area contributed by atoms with Crippen LogP contribution >= 0.6 is 0 Å². The second-order valence-electron chi connectivity index (χ2n) is 9.37. The fraction of sp³-hybridized carbons (Fsp3) is 0.385. The van der Waals surface area contributed by atoms with Crippen molar-refractivity contribution in [3.05, 3.63) is 82.6 Å². The van der Waals surface area contributed by atoms with Gasteiger partial charge in [-0.15, -0.1) is 0 Å². The van der Waals surface area contributed by atoms with Crippen molar-refractivity contribution in [1.29, 1.82) is 0 Å². The van der Waals surface area contributed by atoms with E-state index in [2.05, 4.69) is 67.3 Å². The van der Waals surface area contributed by atoms with Crippen molar-refractivity contribution < 1.29 is 4.79 Å². The van der Waals surface area contributed by atoms with Gasteiger partial charge >= 0.3 is 0 Å². The number of nitrogens with zero attached hydrogens (tertiary/aromatic N) is 2. The van der Waals surface area contributed by atoms with E-state index in [1.807, 2.05) is 6.07 Å². The fourth-order valence-corrected chi connectivity index (χ4v) is 5.25. The van der Waals surface area contributed by atoms with Gasteiger partial charge in [0, 0.05) is 25.1 Å². The Morgan fingerprint density at radius 1 is 1.03 bits per heavy atom. The first-order valence-electron chi connectivity index (χ1n) is 10.7. The van der Waals surface area contributed by atoms with Gasteiger partial charge in [-0.1, -0.05) is 68.4 Å². The number of benzene rings is 2. The molecule has 2 aromatic carbocycles. The predicted octanol–water partition coefficient (Wildman–Crippen LogP) is 5.27. The summed E-state index contributed by atoms with van der Waals surface area (Å²) in [5.41, 5.74) is 7.24. The normalized spacial score (nSPS) is 24.2. The molecule has 2 aromatic rings. The van der Waals surface area contributed by atoms with Crippen LogP contribution in [0.4, 0.5) is 0 Å². The molecule has 0 saturated carbocycles. The molecule has 0 unspecified atom stereocenters. The third kappa shape index (κ3) is 3.33. The zero-order valence-electron chi connectivity index (χ0n) is 17.3. The minimum Gasteiger partial charge on any atom is -0.366 e. The molecule has 1 atom stereocenters. The van der Waals surface area contributed by atoms with E-state index in [0.29, 0.717) is 19.0 Å². The Morgan fingerprint density at radius 2 is 1.79 bits per heavy atom. The van der Waals surface area contributed by atoms with Crippen molar-refractivity contribution in [1.82, 2.24) is 4.90 Å². The number of aliphatic imine (C=N–C) groups is 1. The Labute approximate surface area is 173 Å². The van der Waals surface area contributed by atoms with Gasteiger partial charge in [-0.05, 0) is 34.9 Å². The van der Waals surface area contributed by atoms with Gasteiger partial charge in [-0.3, -0.25) is 9.79 Å². The van der Waals surface area contributed by atoms with Crippen LogP contribution in [0.25, 0.3) is 0 Å². The zero-order chi connectivity index (χ0) is 20.0. The number of ketones is 1. The Bertz CT molecular complexity index is 1020. The molecule has 2 heterocycles. The van der Waals surface area contributed by atoms with Crippen LogP contribution in [0.1, 0.15) is 55.8 Å². The second kappa shape index (κ2) is 6.98. The van der Waals surface area contributed by atoms with Gasteiger partial charge in [0.25, 0.3) is 0 Å². The molecule has 3 heteroatoms. The highest BCUT2D eigenvalue weighted by molar-refractivity contribution is 6.24. The molecule has 3 nitrogen and oxygen atoms in total. The molecule has 0 radical (unpaired) electrons. The summed E-state index contributed by atoms with van der Waals surface area (Å²) in [4.78, 5) is 20.8. The average Bonchev–Trinajstić information content (AvgIpc) is 2.71. The summed E-state index contributed by atoms with van der Waals surface area (Å²) in [6, 6.07) is 19.4. The Morgan fingerprint density at radius 3 is 2.62 bits per heavy atom. The van der Waals surface area contributed by atoms with Crippen LogP contribution in [0.2, 0.25) is 0 Å². The molecule has 3 aliphatic rings. The lowest BCUT2D eigenvalue weighted by molar-refractivity contribution is -0.118. The van der Waals surface area contributed by atoms with Gasteiger partial charge in [0.05, 0.1) is 23.9 Å². The summed E-state index contributed by atoms with van der Waals surface area (Å²) in [5.74, 6) is 0.278. The molecule has 0 bridgehead atoms. The maximum Gasteiger partial charge on any atom is 0.166 e. The summed E-state index contributed by atoms with van der Waals surface area (Å²) >= 11 is 0. The molecule has 2 aliphatic heterocycles. The van der Waals surface area contributed by atoms with Gasteiger partial charge in [0.1, 0.15) is 0 Å². The molecule has 148 valence electrons. The molecule has 0 amide bonds. The zero-order valence-corrected chi connectivity index (χ0v) is 17.3. The molecular weight excluding hydrogens is 356 g/mol. The number of allylic oxidation sites excluding steroid dienone is 2. The number of hydrogen-bond acceptors (Lipinski definition) is 3. The summed E-state index contributed by atoms with van der Waals surface area (Å²) in [6.45, 7) is 6.07. The SMILES string of the molecule is CC1(C)CC(=O)C2=C(C1)N1CCc3ccccc3[C@H]1CC2=NCc1ccccc1. The number of carbonyl (C=O) groups is 1. The van der Waals surface area contributed by atoms with Gasteiger partial charge in [0.15, 0.2) is 5.78 Å². The first kappa shape index (κ1) is 18.4. The number of hydrogen-bond donors (Lipinski definition) is 0. The monoisotopic (exact) mass is 384 g/mol. The molecule has 1 aliphatic carbocycles. The Balaban J connectivity index is 1.60. The first-order chi connectivity index (χ1) is 14.0. The van der Waals surface area contributed by atoms with E-state index in [0.717, 1.165) is 37.1 Å². The molecule has 5 rings (SSSR count). The van der Waals surface area contributed by atoms with E-state index in [9.17, 15) is 4.79 Å². The maximum atomic E-state index is 13.2. The fourth-order valence-electron chi connectivity index (χ4n) is 5.25. The molecule has 0 spiro atoms. The van der Waals surface area contributed by atoms with Crippen molar-refractivity contribution in [2.24, 2.45) is 10.4 Å². The summed E-state index contributed by atoms with van der Waals surface area (Å²) in [5, 5.41) is 0. The van der Waals surface area contributed by atoms with Crippen LogP contribution < -0.4 is 0 Å². The predicted molar refractivity (Wildman–Crippen MR) is 117 cm³/mol.